The van der Waals surface area contributed by atoms with Gasteiger partial charge < -0.3 is 10.2 Å². The summed E-state index contributed by atoms with van der Waals surface area (Å²) < 4.78 is 0. The van der Waals surface area contributed by atoms with Crippen molar-refractivity contribution < 1.29 is 0 Å². The molecule has 1 atom stereocenters. The molecule has 1 aliphatic heterocycles. The van der Waals surface area contributed by atoms with Crippen molar-refractivity contribution in [3.05, 3.63) is 22.4 Å². The molecule has 0 saturated carbocycles. The second-order valence-corrected chi connectivity index (χ2v) is 5.41. The van der Waals surface area contributed by atoms with Crippen LogP contribution in [0.25, 0.3) is 0 Å². The predicted octanol–water partition coefficient (Wildman–Crippen LogP) is 2.88. The maximum absolute atomic E-state index is 3.60. The molecule has 2 rings (SSSR count). The van der Waals surface area contributed by atoms with Gasteiger partial charge in [0.1, 0.15) is 0 Å². The Morgan fingerprint density at radius 2 is 2.19 bits per heavy atom. The smallest absolute Gasteiger partial charge is 0.0300 e. The average Bonchev–Trinajstić information content (AvgIpc) is 2.84. The molecule has 0 radical (unpaired) electrons. The van der Waals surface area contributed by atoms with Gasteiger partial charge in [0.2, 0.25) is 0 Å². The first kappa shape index (κ1) is 12.1. The maximum atomic E-state index is 3.60. The van der Waals surface area contributed by atoms with Gasteiger partial charge in [0.25, 0.3) is 0 Å². The quantitative estimate of drug-likeness (QED) is 0.848. The summed E-state index contributed by atoms with van der Waals surface area (Å²) in [6.45, 7) is 7.16. The van der Waals surface area contributed by atoms with Crippen molar-refractivity contribution in [2.75, 3.05) is 26.2 Å². The lowest BCUT2D eigenvalue weighted by Crippen LogP contribution is -2.36. The van der Waals surface area contributed by atoms with E-state index >= 15 is 0 Å². The Kier molecular flexibility index (Phi) is 4.82. The molecule has 2 nitrogen and oxygen atoms in total. The minimum Gasteiger partial charge on any atom is -0.309 e. The molecule has 1 unspecified atom stereocenters. The Labute approximate surface area is 103 Å². The summed E-state index contributed by atoms with van der Waals surface area (Å²) in [5.41, 5.74) is 1.42. The molecule has 1 saturated heterocycles. The first-order valence-corrected chi connectivity index (χ1v) is 7.28. The Morgan fingerprint density at radius 1 is 1.38 bits per heavy atom. The van der Waals surface area contributed by atoms with Gasteiger partial charge in [-0.25, -0.2) is 0 Å². The molecule has 0 aromatic carbocycles. The largest absolute Gasteiger partial charge is 0.309 e. The fourth-order valence-electron chi connectivity index (χ4n) is 2.26. The van der Waals surface area contributed by atoms with Crippen LogP contribution in [0.5, 0.6) is 0 Å². The van der Waals surface area contributed by atoms with Crippen molar-refractivity contribution >= 4 is 11.3 Å². The van der Waals surface area contributed by atoms with Gasteiger partial charge in [-0.2, -0.15) is 11.3 Å². The van der Waals surface area contributed by atoms with Crippen LogP contribution < -0.4 is 5.32 Å². The van der Waals surface area contributed by atoms with Gasteiger partial charge in [0, 0.05) is 19.1 Å². The molecule has 1 aromatic rings. The number of thiophene rings is 1. The summed E-state index contributed by atoms with van der Waals surface area (Å²) in [6.07, 6.45) is 4.20. The summed E-state index contributed by atoms with van der Waals surface area (Å²) in [6, 6.07) is 2.71. The third-order valence-electron chi connectivity index (χ3n) is 3.37. The van der Waals surface area contributed by atoms with Crippen molar-refractivity contribution in [2.24, 2.45) is 0 Å². The van der Waals surface area contributed by atoms with E-state index in [1.54, 1.807) is 11.3 Å². The first-order chi connectivity index (χ1) is 7.86. The highest BCUT2D eigenvalue weighted by Crippen LogP contribution is 2.15. The van der Waals surface area contributed by atoms with Crippen LogP contribution in [0.1, 0.15) is 37.8 Å². The predicted molar refractivity (Wildman–Crippen MR) is 71.0 cm³/mol. The molecule has 90 valence electrons. The van der Waals surface area contributed by atoms with Crippen molar-refractivity contribution in [3.8, 4) is 0 Å². The highest BCUT2D eigenvalue weighted by atomic mass is 32.1. The number of hydrogen-bond donors (Lipinski definition) is 1. The number of piperidine rings is 1. The Hall–Kier alpha value is -0.380. The van der Waals surface area contributed by atoms with Gasteiger partial charge in [-0.1, -0.05) is 6.42 Å². The molecule has 0 spiro atoms. The topological polar surface area (TPSA) is 15.3 Å². The van der Waals surface area contributed by atoms with Crippen LogP contribution in [0.4, 0.5) is 0 Å². The Bertz CT molecular complexity index is 278. The van der Waals surface area contributed by atoms with E-state index in [0.717, 1.165) is 6.54 Å². The molecule has 1 aliphatic rings. The molecule has 3 heteroatoms. The first-order valence-electron chi connectivity index (χ1n) is 6.34. The summed E-state index contributed by atoms with van der Waals surface area (Å²) in [7, 11) is 0. The molecular formula is C13H22N2S. The van der Waals surface area contributed by atoms with E-state index in [4.69, 9.17) is 0 Å². The van der Waals surface area contributed by atoms with Crippen molar-refractivity contribution in [3.63, 3.8) is 0 Å². The summed E-state index contributed by atoms with van der Waals surface area (Å²) >= 11 is 1.78. The second-order valence-electron chi connectivity index (χ2n) is 4.63. The Morgan fingerprint density at radius 3 is 2.88 bits per heavy atom. The van der Waals surface area contributed by atoms with E-state index < -0.39 is 0 Å². The second kappa shape index (κ2) is 6.38. The van der Waals surface area contributed by atoms with E-state index in [0.29, 0.717) is 6.04 Å². The van der Waals surface area contributed by atoms with Crippen molar-refractivity contribution in [1.82, 2.24) is 10.2 Å². The molecule has 1 N–H and O–H groups in total. The van der Waals surface area contributed by atoms with Crippen LogP contribution in [-0.4, -0.2) is 31.1 Å². The summed E-state index contributed by atoms with van der Waals surface area (Å²) in [4.78, 5) is 2.58. The van der Waals surface area contributed by atoms with Gasteiger partial charge in [-0.05, 0) is 55.2 Å². The fourth-order valence-corrected chi connectivity index (χ4v) is 3.02. The molecule has 0 bridgehead atoms. The highest BCUT2D eigenvalue weighted by molar-refractivity contribution is 7.07. The third kappa shape index (κ3) is 3.58. The van der Waals surface area contributed by atoms with Crippen LogP contribution >= 0.6 is 11.3 Å². The number of nitrogens with zero attached hydrogens (tertiary/aromatic N) is 1. The lowest BCUT2D eigenvalue weighted by molar-refractivity contribution is 0.227. The summed E-state index contributed by atoms with van der Waals surface area (Å²) in [5, 5.41) is 7.98. The zero-order valence-electron chi connectivity index (χ0n) is 10.1. The van der Waals surface area contributed by atoms with E-state index in [1.165, 1.54) is 44.5 Å². The number of likely N-dealkylation sites (tertiary alicyclic amines) is 1. The van der Waals surface area contributed by atoms with Gasteiger partial charge in [0.05, 0.1) is 0 Å². The molecule has 1 aromatic heterocycles. The van der Waals surface area contributed by atoms with Crippen LogP contribution in [-0.2, 0) is 0 Å². The van der Waals surface area contributed by atoms with Gasteiger partial charge in [-0.15, -0.1) is 0 Å². The van der Waals surface area contributed by atoms with Crippen LogP contribution in [0.3, 0.4) is 0 Å². The van der Waals surface area contributed by atoms with Gasteiger partial charge in [0.15, 0.2) is 0 Å². The molecule has 0 amide bonds. The molecule has 16 heavy (non-hydrogen) atoms. The minimum atomic E-state index is 0.496. The molecular weight excluding hydrogens is 216 g/mol. The normalized spacial score (nSPS) is 19.8. The van der Waals surface area contributed by atoms with Crippen LogP contribution in [0, 0.1) is 0 Å². The SMILES string of the molecule is CC(NCCN1CCCCC1)c1ccsc1. The summed E-state index contributed by atoms with van der Waals surface area (Å²) in [5.74, 6) is 0. The monoisotopic (exact) mass is 238 g/mol. The molecule has 1 fully saturated rings. The van der Waals surface area contributed by atoms with Crippen LogP contribution in [0.15, 0.2) is 16.8 Å². The standard InChI is InChI=1S/C13H22N2S/c1-12(13-5-10-16-11-13)14-6-9-15-7-3-2-4-8-15/h5,10-12,14H,2-4,6-9H2,1H3. The van der Waals surface area contributed by atoms with Gasteiger partial charge in [-0.3, -0.25) is 0 Å². The van der Waals surface area contributed by atoms with Crippen LogP contribution in [0.2, 0.25) is 0 Å². The van der Waals surface area contributed by atoms with E-state index in [-0.39, 0.29) is 0 Å². The lowest BCUT2D eigenvalue weighted by Gasteiger charge is -2.27. The van der Waals surface area contributed by atoms with Crippen molar-refractivity contribution in [2.45, 2.75) is 32.2 Å². The molecule has 2 heterocycles. The third-order valence-corrected chi connectivity index (χ3v) is 4.07. The Balaban J connectivity index is 1.63. The zero-order valence-corrected chi connectivity index (χ0v) is 10.9. The van der Waals surface area contributed by atoms with E-state index in [9.17, 15) is 0 Å². The van der Waals surface area contributed by atoms with E-state index in [2.05, 4.69) is 34.0 Å². The molecule has 0 aliphatic carbocycles. The fraction of sp³-hybridized carbons (Fsp3) is 0.692. The zero-order chi connectivity index (χ0) is 11.2. The van der Waals surface area contributed by atoms with Gasteiger partial charge >= 0.3 is 0 Å². The maximum Gasteiger partial charge on any atom is 0.0300 e. The average molecular weight is 238 g/mol. The number of rotatable bonds is 5. The highest BCUT2D eigenvalue weighted by Gasteiger charge is 2.10. The minimum absolute atomic E-state index is 0.496. The lowest BCUT2D eigenvalue weighted by atomic mass is 10.1. The number of hydrogen-bond acceptors (Lipinski definition) is 3. The van der Waals surface area contributed by atoms with Crippen molar-refractivity contribution in [1.29, 1.82) is 0 Å². The number of nitrogens with one attached hydrogen (secondary N) is 1. The van der Waals surface area contributed by atoms with E-state index in [1.807, 2.05) is 0 Å².